The Morgan fingerprint density at radius 2 is 2.25 bits per heavy atom. The highest BCUT2D eigenvalue weighted by Crippen LogP contribution is 1.78. The fraction of sp³-hybridized carbons (Fsp3) is 0. The summed E-state index contributed by atoms with van der Waals surface area (Å²) >= 11 is 9.18. The van der Waals surface area contributed by atoms with Crippen LogP contribution in [-0.4, -0.2) is 0 Å². The number of hydrogen-bond acceptors (Lipinski definition) is 1. The lowest BCUT2D eigenvalue weighted by Crippen LogP contribution is -1.61. The second-order valence-corrected chi connectivity index (χ2v) is 1.77. The number of nitrogens with one attached hydrogen (secondary N) is 1. The Kier molecular flexibility index (Phi) is 4.50. The van der Waals surface area contributed by atoms with Crippen molar-refractivity contribution in [1.29, 1.82) is 0 Å². The van der Waals surface area contributed by atoms with Gasteiger partial charge in [-0.05, 0) is 4.61 Å². The van der Waals surface area contributed by atoms with Gasteiger partial charge in [0.15, 0.2) is 11.8 Å². The summed E-state index contributed by atoms with van der Waals surface area (Å²) < 4.78 is 2.25. The molecule has 0 rings (SSSR count). The van der Waals surface area contributed by atoms with Crippen molar-refractivity contribution in [3.8, 4) is 0 Å². The van der Waals surface area contributed by atoms with E-state index in [1.54, 1.807) is 0 Å². The summed E-state index contributed by atoms with van der Waals surface area (Å²) in [6.45, 7) is 0. The van der Waals surface area contributed by atoms with E-state index >= 15 is 0 Å². The first-order valence-electron chi connectivity index (χ1n) is 0.643. The molecular weight excluding hydrogens is 113 g/mol. The molecule has 0 amide bonds. The minimum Gasteiger partial charge on any atom is -0.0439 e. The van der Waals surface area contributed by atoms with Crippen molar-refractivity contribution in [3.63, 3.8) is 0 Å². The molecule has 0 heterocycles. The molecule has 4 heteroatoms. The van der Waals surface area contributed by atoms with Crippen molar-refractivity contribution in [1.82, 2.24) is 4.61 Å². The van der Waals surface area contributed by atoms with Crippen molar-refractivity contribution in [2.24, 2.45) is 0 Å². The molecule has 0 saturated heterocycles. The van der Waals surface area contributed by atoms with Gasteiger partial charge in [-0.1, -0.05) is 0 Å². The maximum atomic E-state index is 4.84. The molecule has 1 N–H and O–H groups in total. The van der Waals surface area contributed by atoms with Crippen LogP contribution in [0.1, 0.15) is 0 Å². The Labute approximate surface area is 36.3 Å². The van der Waals surface area contributed by atoms with Crippen LogP contribution in [0.3, 0.4) is 0 Å². The lowest BCUT2D eigenvalue weighted by Gasteiger charge is -1.44. The summed E-state index contributed by atoms with van der Waals surface area (Å²) in [5.41, 5.74) is 0. The zero-order chi connectivity index (χ0) is 3.41. The molecule has 1 atom stereocenters. The summed E-state index contributed by atoms with van der Waals surface area (Å²) in [6.07, 6.45) is 0. The van der Waals surface area contributed by atoms with Gasteiger partial charge in [0.2, 0.25) is 0 Å². The molecular formula is H2ClNPS+. The van der Waals surface area contributed by atoms with Crippen LogP contribution in [0.4, 0.5) is 0 Å². The van der Waals surface area contributed by atoms with E-state index in [0.29, 0.717) is 0 Å². The lowest BCUT2D eigenvalue weighted by molar-refractivity contribution is 1.73. The van der Waals surface area contributed by atoms with Crippen LogP contribution in [0.25, 0.3) is 0 Å². The van der Waals surface area contributed by atoms with Crippen LogP contribution in [0.2, 0.25) is 0 Å². The number of halogens is 1. The van der Waals surface area contributed by atoms with Crippen LogP contribution >= 0.6 is 19.3 Å². The molecule has 0 aliphatic rings. The second kappa shape index (κ2) is 3.77. The molecule has 0 aliphatic heterocycles. The van der Waals surface area contributed by atoms with E-state index < -0.39 is 0 Å². The van der Waals surface area contributed by atoms with Crippen LogP contribution in [-0.2, 0) is 11.8 Å². The Hall–Kier alpha value is 0.770. The average Bonchev–Trinajstić information content (AvgIpc) is 1.37. The maximum absolute atomic E-state index is 4.84. The van der Waals surface area contributed by atoms with Crippen LogP contribution in [0, 0.1) is 0 Å². The summed E-state index contributed by atoms with van der Waals surface area (Å²) in [4.78, 5) is 0. The van der Waals surface area contributed by atoms with Gasteiger partial charge in [-0.2, -0.15) is 0 Å². The fourth-order valence-electron chi connectivity index (χ4n) is 0. The summed E-state index contributed by atoms with van der Waals surface area (Å²) in [5, 5.41) is 0. The SMILES string of the molecule is S=[PH+]NCl. The normalized spacial score (nSPS) is 8.25. The molecule has 0 aliphatic carbocycles. The van der Waals surface area contributed by atoms with E-state index in [1.807, 2.05) is 0 Å². The van der Waals surface area contributed by atoms with Gasteiger partial charge in [0.1, 0.15) is 0 Å². The molecule has 0 aromatic heterocycles. The van der Waals surface area contributed by atoms with Crippen molar-refractivity contribution in [2.45, 2.75) is 0 Å². The van der Waals surface area contributed by atoms with Crippen molar-refractivity contribution < 1.29 is 0 Å². The first-order chi connectivity index (χ1) is 1.91. The van der Waals surface area contributed by atoms with E-state index in [-0.39, 0.29) is 7.51 Å². The maximum Gasteiger partial charge on any atom is 0.264 e. The second-order valence-electron chi connectivity index (χ2n) is 0.197. The largest absolute Gasteiger partial charge is 0.264 e. The molecule has 0 bridgehead atoms. The summed E-state index contributed by atoms with van der Waals surface area (Å²) in [6, 6.07) is 0. The third-order valence-corrected chi connectivity index (χ3v) is 1.04. The van der Waals surface area contributed by atoms with Gasteiger partial charge in [0.05, 0.1) is 0 Å². The predicted molar refractivity (Wildman–Crippen MR) is 24.7 cm³/mol. The molecule has 1 nitrogen and oxygen atoms in total. The molecule has 0 saturated carbocycles. The molecule has 0 spiro atoms. The van der Waals surface area contributed by atoms with E-state index in [4.69, 9.17) is 11.8 Å². The van der Waals surface area contributed by atoms with E-state index in [1.165, 1.54) is 0 Å². The van der Waals surface area contributed by atoms with Crippen molar-refractivity contribution >= 4 is 31.1 Å². The molecule has 0 fully saturated rings. The average molecular weight is 115 g/mol. The molecule has 1 unspecified atom stereocenters. The Morgan fingerprint density at radius 1 is 2.00 bits per heavy atom. The summed E-state index contributed by atoms with van der Waals surface area (Å²) in [7, 11) is 0.239. The van der Waals surface area contributed by atoms with Gasteiger partial charge in [0, 0.05) is 11.8 Å². The van der Waals surface area contributed by atoms with Crippen LogP contribution in [0.5, 0.6) is 0 Å². The van der Waals surface area contributed by atoms with Gasteiger partial charge in [-0.15, -0.1) is 0 Å². The third-order valence-electron chi connectivity index (χ3n) is 0.0386. The standard InChI is InChI=1S/ClHNPS/c1-2-3-4/h(H,2,4)/p+1. The van der Waals surface area contributed by atoms with Gasteiger partial charge in [0.25, 0.3) is 7.51 Å². The highest BCUT2D eigenvalue weighted by molar-refractivity contribution is 7.96. The lowest BCUT2D eigenvalue weighted by atomic mass is 13.9. The quantitative estimate of drug-likeness (QED) is 0.400. The Morgan fingerprint density at radius 3 is 2.25 bits per heavy atom. The van der Waals surface area contributed by atoms with E-state index in [0.717, 1.165) is 0 Å². The molecule has 4 heavy (non-hydrogen) atoms. The van der Waals surface area contributed by atoms with Crippen molar-refractivity contribution in [3.05, 3.63) is 0 Å². The third kappa shape index (κ3) is 2.77. The first-order valence-corrected chi connectivity index (χ1v) is 3.15. The topological polar surface area (TPSA) is 12.0 Å². The van der Waals surface area contributed by atoms with Crippen LogP contribution < -0.4 is 4.61 Å². The van der Waals surface area contributed by atoms with Gasteiger partial charge in [-0.3, -0.25) is 0 Å². The molecule has 0 radical (unpaired) electrons. The highest BCUT2D eigenvalue weighted by atomic mass is 35.5. The van der Waals surface area contributed by atoms with Crippen molar-refractivity contribution in [2.75, 3.05) is 0 Å². The molecule has 0 aromatic carbocycles. The minimum atomic E-state index is 0.239. The predicted octanol–water partition coefficient (Wildman–Crippen LogP) is 0.785. The Balaban J connectivity index is 2.30. The minimum absolute atomic E-state index is 0.239. The van der Waals surface area contributed by atoms with Crippen LogP contribution in [0.15, 0.2) is 0 Å². The highest BCUT2D eigenvalue weighted by Gasteiger charge is 1.60. The molecule has 0 aromatic rings. The first kappa shape index (κ1) is 4.77. The zero-order valence-corrected chi connectivity index (χ0v) is 4.36. The van der Waals surface area contributed by atoms with Gasteiger partial charge in [-0.25, -0.2) is 0 Å². The van der Waals surface area contributed by atoms with E-state index in [2.05, 4.69) is 16.4 Å². The van der Waals surface area contributed by atoms with Gasteiger partial charge >= 0.3 is 0 Å². The molecule has 24 valence electrons. The summed E-state index contributed by atoms with van der Waals surface area (Å²) in [5.74, 6) is 0. The number of rotatable bonds is 1. The zero-order valence-electron chi connectivity index (χ0n) is 1.79. The number of hydrogen-bond donors (Lipinski definition) is 1. The monoisotopic (exact) mass is 114 g/mol. The van der Waals surface area contributed by atoms with Gasteiger partial charge < -0.3 is 0 Å². The fourth-order valence-corrected chi connectivity index (χ4v) is 0. The van der Waals surface area contributed by atoms with E-state index in [9.17, 15) is 0 Å². The Bertz CT molecular complexity index is 22.0. The smallest absolute Gasteiger partial charge is 0.0439 e.